The van der Waals surface area contributed by atoms with Gasteiger partial charge in [-0.05, 0) is 33.6 Å². The minimum Gasteiger partial charge on any atom is -0.469 e. The smallest absolute Gasteiger partial charge is 0.305 e. The lowest BCUT2D eigenvalue weighted by atomic mass is 9.84. The maximum Gasteiger partial charge on any atom is 0.305 e. The summed E-state index contributed by atoms with van der Waals surface area (Å²) in [5.74, 6) is 0.157. The summed E-state index contributed by atoms with van der Waals surface area (Å²) in [6.07, 6.45) is 10.3. The van der Waals surface area contributed by atoms with Crippen LogP contribution in [0.5, 0.6) is 0 Å². The van der Waals surface area contributed by atoms with E-state index in [1.165, 1.54) is 20.0 Å². The van der Waals surface area contributed by atoms with E-state index in [1.54, 1.807) is 0 Å². The Morgan fingerprint density at radius 1 is 0.633 bits per heavy atom. The van der Waals surface area contributed by atoms with E-state index in [-0.39, 0.29) is 17.2 Å². The molecule has 0 aromatic carbocycles. The molecule has 0 amide bonds. The Labute approximate surface area is 184 Å². The number of rotatable bonds is 22. The van der Waals surface area contributed by atoms with Gasteiger partial charge in [0, 0.05) is 44.5 Å². The van der Waals surface area contributed by atoms with Crippen molar-refractivity contribution >= 4 is 11.8 Å². The molecule has 0 aliphatic heterocycles. The Bertz CT molecular complexity index is 402. The molecule has 30 heavy (non-hydrogen) atoms. The first-order chi connectivity index (χ1) is 14.5. The van der Waals surface area contributed by atoms with Crippen LogP contribution in [0.4, 0.5) is 0 Å². The molecule has 0 aliphatic carbocycles. The molecule has 0 rings (SSSR count). The highest BCUT2D eigenvalue weighted by Crippen LogP contribution is 2.26. The van der Waals surface area contributed by atoms with E-state index < -0.39 is 0 Å². The van der Waals surface area contributed by atoms with Crippen LogP contribution in [-0.4, -0.2) is 58.5 Å². The van der Waals surface area contributed by atoms with Gasteiger partial charge in [0.25, 0.3) is 0 Å². The third-order valence-electron chi connectivity index (χ3n) is 5.22. The summed E-state index contributed by atoms with van der Waals surface area (Å²) >= 11 is 0. The predicted octanol–water partition coefficient (Wildman–Crippen LogP) is 5.12. The second-order valence-electron chi connectivity index (χ2n) is 8.03. The number of unbranched alkanes of at least 4 members (excludes halogenated alkanes) is 7. The molecule has 6 nitrogen and oxygen atoms in total. The molecule has 0 saturated heterocycles. The minimum atomic E-state index is -0.386. The van der Waals surface area contributed by atoms with Crippen LogP contribution >= 0.6 is 0 Å². The van der Waals surface area contributed by atoms with Gasteiger partial charge in [-0.2, -0.15) is 0 Å². The highest BCUT2D eigenvalue weighted by Gasteiger charge is 2.33. The monoisotopic (exact) mass is 430 g/mol. The molecule has 0 bridgehead atoms. The van der Waals surface area contributed by atoms with Crippen molar-refractivity contribution in [2.24, 2.45) is 5.41 Å². The third kappa shape index (κ3) is 15.8. The van der Waals surface area contributed by atoms with Gasteiger partial charge in [0.15, 0.2) is 0 Å². The highest BCUT2D eigenvalue weighted by atomic mass is 16.5. The van der Waals surface area contributed by atoms with Crippen molar-refractivity contribution in [3.63, 3.8) is 0 Å². The lowest BCUT2D eigenvalue weighted by molar-refractivity contribution is -0.140. The SMILES string of the molecule is CCOCC(COCC)(COCC)CC(=O)CCCCCCCCCCC(=O)OC. The number of ether oxygens (including phenoxy) is 4. The summed E-state index contributed by atoms with van der Waals surface area (Å²) in [7, 11) is 1.43. The predicted molar refractivity (Wildman–Crippen MR) is 120 cm³/mol. The number of hydrogen-bond acceptors (Lipinski definition) is 6. The van der Waals surface area contributed by atoms with Gasteiger partial charge in [0.1, 0.15) is 5.78 Å². The summed E-state index contributed by atoms with van der Waals surface area (Å²) < 4.78 is 21.7. The van der Waals surface area contributed by atoms with Crippen molar-refractivity contribution in [3.8, 4) is 0 Å². The molecule has 0 aromatic rings. The Morgan fingerprint density at radius 2 is 1.03 bits per heavy atom. The first-order valence-corrected chi connectivity index (χ1v) is 11.8. The fourth-order valence-corrected chi connectivity index (χ4v) is 3.49. The van der Waals surface area contributed by atoms with Crippen LogP contribution in [0.2, 0.25) is 0 Å². The standard InChI is InChI=1S/C24H46O6/c1-5-28-19-24(20-29-6-2,21-30-7-3)18-22(25)16-14-12-10-8-9-11-13-15-17-23(26)27-4/h5-21H2,1-4H3. The first kappa shape index (κ1) is 29.0. The first-order valence-electron chi connectivity index (χ1n) is 11.8. The van der Waals surface area contributed by atoms with Gasteiger partial charge in [-0.25, -0.2) is 0 Å². The lowest BCUT2D eigenvalue weighted by Gasteiger charge is -2.32. The molecule has 6 heteroatoms. The number of hydrogen-bond donors (Lipinski definition) is 0. The van der Waals surface area contributed by atoms with Crippen molar-refractivity contribution in [2.45, 2.75) is 91.4 Å². The van der Waals surface area contributed by atoms with Crippen LogP contribution in [0.25, 0.3) is 0 Å². The van der Waals surface area contributed by atoms with E-state index >= 15 is 0 Å². The number of carbonyl (C=O) groups is 2. The number of ketones is 1. The van der Waals surface area contributed by atoms with Crippen molar-refractivity contribution in [2.75, 3.05) is 46.8 Å². The summed E-state index contributed by atoms with van der Waals surface area (Å²) in [6, 6.07) is 0. The topological polar surface area (TPSA) is 71.1 Å². The molecular weight excluding hydrogens is 384 g/mol. The summed E-state index contributed by atoms with van der Waals surface area (Å²) in [6.45, 7) is 9.24. The van der Waals surface area contributed by atoms with E-state index in [2.05, 4.69) is 4.74 Å². The quantitative estimate of drug-likeness (QED) is 0.175. The number of methoxy groups -OCH3 is 1. The number of Topliss-reactive ketones (excluding diaryl/α,β-unsaturated/α-hetero) is 1. The summed E-state index contributed by atoms with van der Waals surface area (Å²) in [4.78, 5) is 23.7. The molecule has 0 heterocycles. The molecule has 0 N–H and O–H groups in total. The van der Waals surface area contributed by atoms with Crippen molar-refractivity contribution in [3.05, 3.63) is 0 Å². The van der Waals surface area contributed by atoms with Gasteiger partial charge >= 0.3 is 5.97 Å². The van der Waals surface area contributed by atoms with Gasteiger partial charge in [0.05, 0.1) is 26.9 Å². The fraction of sp³-hybridized carbons (Fsp3) is 0.917. The van der Waals surface area contributed by atoms with E-state index in [1.807, 2.05) is 20.8 Å². The van der Waals surface area contributed by atoms with E-state index in [0.717, 1.165) is 38.5 Å². The Kier molecular flexibility index (Phi) is 19.3. The molecule has 0 aromatic heterocycles. The molecule has 0 radical (unpaired) electrons. The zero-order chi connectivity index (χ0) is 22.5. The molecule has 0 atom stereocenters. The molecule has 0 spiro atoms. The van der Waals surface area contributed by atoms with Crippen LogP contribution in [0, 0.1) is 5.41 Å². The van der Waals surface area contributed by atoms with Gasteiger partial charge in [-0.15, -0.1) is 0 Å². The van der Waals surface area contributed by atoms with Crippen LogP contribution < -0.4 is 0 Å². The fourth-order valence-electron chi connectivity index (χ4n) is 3.49. The maximum absolute atomic E-state index is 12.6. The average molecular weight is 431 g/mol. The molecule has 0 fully saturated rings. The van der Waals surface area contributed by atoms with E-state index in [9.17, 15) is 9.59 Å². The highest BCUT2D eigenvalue weighted by molar-refractivity contribution is 5.79. The summed E-state index contributed by atoms with van der Waals surface area (Å²) in [5, 5.41) is 0. The van der Waals surface area contributed by atoms with E-state index in [4.69, 9.17) is 14.2 Å². The lowest BCUT2D eigenvalue weighted by Crippen LogP contribution is -2.39. The number of esters is 1. The molecular formula is C24H46O6. The molecule has 0 aliphatic rings. The van der Waals surface area contributed by atoms with Crippen LogP contribution in [0.1, 0.15) is 91.4 Å². The molecule has 0 saturated carbocycles. The van der Waals surface area contributed by atoms with Crippen molar-refractivity contribution < 1.29 is 28.5 Å². The van der Waals surface area contributed by atoms with Gasteiger partial charge in [-0.3, -0.25) is 9.59 Å². The minimum absolute atomic E-state index is 0.118. The van der Waals surface area contributed by atoms with Gasteiger partial charge < -0.3 is 18.9 Å². The molecule has 178 valence electrons. The Hall–Kier alpha value is -0.980. The second-order valence-corrected chi connectivity index (χ2v) is 8.03. The van der Waals surface area contributed by atoms with Gasteiger partial charge in [-0.1, -0.05) is 38.5 Å². The van der Waals surface area contributed by atoms with Crippen LogP contribution in [-0.2, 0) is 28.5 Å². The largest absolute Gasteiger partial charge is 0.469 e. The van der Waals surface area contributed by atoms with Crippen LogP contribution in [0.15, 0.2) is 0 Å². The third-order valence-corrected chi connectivity index (χ3v) is 5.22. The Balaban J connectivity index is 4.07. The molecule has 0 unspecified atom stereocenters. The van der Waals surface area contributed by atoms with Crippen molar-refractivity contribution in [1.29, 1.82) is 0 Å². The summed E-state index contributed by atoms with van der Waals surface area (Å²) in [5.41, 5.74) is -0.386. The van der Waals surface area contributed by atoms with E-state index in [0.29, 0.717) is 58.9 Å². The zero-order valence-corrected chi connectivity index (χ0v) is 20.0. The zero-order valence-electron chi connectivity index (χ0n) is 20.0. The Morgan fingerprint density at radius 3 is 1.43 bits per heavy atom. The van der Waals surface area contributed by atoms with Crippen LogP contribution in [0.3, 0.4) is 0 Å². The normalized spacial score (nSPS) is 11.6. The average Bonchev–Trinajstić information content (AvgIpc) is 2.75. The van der Waals surface area contributed by atoms with Crippen molar-refractivity contribution in [1.82, 2.24) is 0 Å². The number of carbonyl (C=O) groups excluding carboxylic acids is 2. The van der Waals surface area contributed by atoms with Gasteiger partial charge in [0.2, 0.25) is 0 Å². The maximum atomic E-state index is 12.6. The second kappa shape index (κ2) is 20.0.